The van der Waals surface area contributed by atoms with E-state index >= 15 is 0 Å². The number of H-pyrrole nitrogens is 1. The molecule has 0 spiro atoms. The van der Waals surface area contributed by atoms with Crippen LogP contribution in [0.4, 0.5) is 5.95 Å². The molecule has 21 heavy (non-hydrogen) atoms. The average Bonchev–Trinajstić information content (AvgIpc) is 3.13. The second kappa shape index (κ2) is 4.74. The zero-order valence-electron chi connectivity index (χ0n) is 11.1. The van der Waals surface area contributed by atoms with Crippen molar-refractivity contribution in [1.82, 2.24) is 20.4 Å². The Balaban J connectivity index is 1.75. The first-order valence-electron chi connectivity index (χ1n) is 6.73. The van der Waals surface area contributed by atoms with Gasteiger partial charge in [0.2, 0.25) is 0 Å². The number of nitrogens with one attached hydrogen (secondary N) is 2. The second-order valence-electron chi connectivity index (χ2n) is 4.83. The van der Waals surface area contributed by atoms with E-state index in [1.807, 2.05) is 0 Å². The lowest BCUT2D eigenvalue weighted by atomic mass is 10.2. The quantitative estimate of drug-likeness (QED) is 0.711. The first kappa shape index (κ1) is 12.2. The van der Waals surface area contributed by atoms with Crippen LogP contribution in [0, 0.1) is 0 Å². The highest BCUT2D eigenvalue weighted by atomic mass is 16.5. The van der Waals surface area contributed by atoms with Crippen molar-refractivity contribution in [3.63, 3.8) is 0 Å². The molecule has 4 rings (SSSR count). The van der Waals surface area contributed by atoms with E-state index in [0.717, 1.165) is 26.2 Å². The number of hydrogen-bond donors (Lipinski definition) is 2. The van der Waals surface area contributed by atoms with Crippen molar-refractivity contribution in [3.8, 4) is 11.5 Å². The molecule has 0 atom stereocenters. The summed E-state index contributed by atoms with van der Waals surface area (Å²) in [6.07, 6.45) is 0. The molecule has 8 heteroatoms. The van der Waals surface area contributed by atoms with Gasteiger partial charge in [0, 0.05) is 26.2 Å². The highest BCUT2D eigenvalue weighted by Gasteiger charge is 2.19. The van der Waals surface area contributed by atoms with E-state index in [9.17, 15) is 4.79 Å². The topological polar surface area (TPSA) is 100 Å². The van der Waals surface area contributed by atoms with Crippen molar-refractivity contribution in [3.05, 3.63) is 28.7 Å². The molecule has 8 nitrogen and oxygen atoms in total. The van der Waals surface area contributed by atoms with Crippen LogP contribution in [-0.4, -0.2) is 41.3 Å². The SMILES string of the molecule is O=c1[nH]c2cccc(-c3nc(N4CCNCC4)no3)c2o1. The molecule has 1 fully saturated rings. The highest BCUT2D eigenvalue weighted by molar-refractivity contribution is 5.87. The van der Waals surface area contributed by atoms with Gasteiger partial charge in [-0.25, -0.2) is 4.79 Å². The van der Waals surface area contributed by atoms with Crippen LogP contribution in [0.1, 0.15) is 0 Å². The number of rotatable bonds is 2. The number of nitrogens with zero attached hydrogens (tertiary/aromatic N) is 3. The van der Waals surface area contributed by atoms with Gasteiger partial charge in [-0.05, 0) is 17.3 Å². The Morgan fingerprint density at radius 1 is 1.24 bits per heavy atom. The molecule has 0 unspecified atom stereocenters. The van der Waals surface area contributed by atoms with Crippen molar-refractivity contribution in [2.75, 3.05) is 31.1 Å². The van der Waals surface area contributed by atoms with E-state index in [2.05, 4.69) is 25.3 Å². The fourth-order valence-corrected chi connectivity index (χ4v) is 2.46. The number of benzene rings is 1. The number of oxazole rings is 1. The average molecular weight is 287 g/mol. The van der Waals surface area contributed by atoms with Gasteiger partial charge >= 0.3 is 5.76 Å². The van der Waals surface area contributed by atoms with Crippen molar-refractivity contribution in [1.29, 1.82) is 0 Å². The monoisotopic (exact) mass is 287 g/mol. The molecule has 0 saturated carbocycles. The Labute approximate surface area is 118 Å². The molecule has 1 aromatic carbocycles. The van der Waals surface area contributed by atoms with Crippen molar-refractivity contribution in [2.45, 2.75) is 0 Å². The van der Waals surface area contributed by atoms with Gasteiger partial charge in [-0.2, -0.15) is 4.98 Å². The lowest BCUT2D eigenvalue weighted by Gasteiger charge is -2.25. The highest BCUT2D eigenvalue weighted by Crippen LogP contribution is 2.27. The van der Waals surface area contributed by atoms with Crippen LogP contribution in [-0.2, 0) is 0 Å². The van der Waals surface area contributed by atoms with Crippen LogP contribution in [0.2, 0.25) is 0 Å². The summed E-state index contributed by atoms with van der Waals surface area (Å²) in [7, 11) is 0. The summed E-state index contributed by atoms with van der Waals surface area (Å²) in [5, 5.41) is 7.28. The van der Waals surface area contributed by atoms with E-state index in [4.69, 9.17) is 8.94 Å². The zero-order chi connectivity index (χ0) is 14.2. The van der Waals surface area contributed by atoms with Crippen LogP contribution in [0.5, 0.6) is 0 Å². The standard InChI is InChI=1S/C13H13N5O3/c19-13-15-9-3-1-2-8(10(9)20-13)11-16-12(17-21-11)18-6-4-14-5-7-18/h1-3,14H,4-7H2,(H,15,19). The van der Waals surface area contributed by atoms with Crippen molar-refractivity contribution in [2.24, 2.45) is 0 Å². The maximum Gasteiger partial charge on any atom is 0.417 e. The summed E-state index contributed by atoms with van der Waals surface area (Å²) in [5.41, 5.74) is 1.65. The fourth-order valence-electron chi connectivity index (χ4n) is 2.46. The molecule has 0 bridgehead atoms. The van der Waals surface area contributed by atoms with E-state index < -0.39 is 5.76 Å². The zero-order valence-corrected chi connectivity index (χ0v) is 11.1. The Bertz CT molecular complexity index is 828. The molecule has 1 aliphatic heterocycles. The molecule has 1 aliphatic rings. The Hall–Kier alpha value is -2.61. The van der Waals surface area contributed by atoms with Gasteiger partial charge < -0.3 is 19.2 Å². The first-order chi connectivity index (χ1) is 10.3. The molecule has 108 valence electrons. The number of hydrogen-bond acceptors (Lipinski definition) is 7. The summed E-state index contributed by atoms with van der Waals surface area (Å²) in [5.74, 6) is 0.401. The molecule has 0 radical (unpaired) electrons. The summed E-state index contributed by atoms with van der Waals surface area (Å²) >= 11 is 0. The van der Waals surface area contributed by atoms with Crippen molar-refractivity contribution < 1.29 is 8.94 Å². The third kappa shape index (κ3) is 2.09. The van der Waals surface area contributed by atoms with Gasteiger partial charge in [0.15, 0.2) is 5.58 Å². The smallest absolute Gasteiger partial charge is 0.407 e. The molecular weight excluding hydrogens is 274 g/mol. The van der Waals surface area contributed by atoms with E-state index in [0.29, 0.717) is 28.5 Å². The minimum absolute atomic E-state index is 0.344. The van der Waals surface area contributed by atoms with Gasteiger partial charge in [-0.3, -0.25) is 4.98 Å². The Morgan fingerprint density at radius 3 is 2.95 bits per heavy atom. The minimum atomic E-state index is -0.501. The van der Waals surface area contributed by atoms with Gasteiger partial charge in [0.05, 0.1) is 11.1 Å². The first-order valence-corrected chi connectivity index (χ1v) is 6.73. The lowest BCUT2D eigenvalue weighted by Crippen LogP contribution is -2.44. The van der Waals surface area contributed by atoms with Crippen LogP contribution in [0.15, 0.2) is 31.9 Å². The van der Waals surface area contributed by atoms with Crippen LogP contribution >= 0.6 is 0 Å². The number of piperazine rings is 1. The van der Waals surface area contributed by atoms with E-state index in [1.54, 1.807) is 18.2 Å². The largest absolute Gasteiger partial charge is 0.417 e. The van der Waals surface area contributed by atoms with Gasteiger partial charge in [0.25, 0.3) is 11.8 Å². The predicted molar refractivity (Wildman–Crippen MR) is 75.2 cm³/mol. The summed E-state index contributed by atoms with van der Waals surface area (Å²) in [4.78, 5) is 20.4. The molecular formula is C13H13N5O3. The maximum atomic E-state index is 11.3. The third-order valence-electron chi connectivity index (χ3n) is 3.49. The minimum Gasteiger partial charge on any atom is -0.407 e. The number of para-hydroxylation sites is 1. The molecule has 0 amide bonds. The van der Waals surface area contributed by atoms with E-state index in [-0.39, 0.29) is 0 Å². The van der Waals surface area contributed by atoms with Crippen LogP contribution in [0.25, 0.3) is 22.6 Å². The number of aromatic nitrogens is 3. The van der Waals surface area contributed by atoms with Gasteiger partial charge in [-0.15, -0.1) is 0 Å². The Morgan fingerprint density at radius 2 is 2.10 bits per heavy atom. The van der Waals surface area contributed by atoms with Gasteiger partial charge in [0.1, 0.15) is 0 Å². The number of aromatic amines is 1. The third-order valence-corrected chi connectivity index (χ3v) is 3.49. The lowest BCUT2D eigenvalue weighted by molar-refractivity contribution is 0.426. The summed E-state index contributed by atoms with van der Waals surface area (Å²) in [6.45, 7) is 3.46. The molecule has 2 N–H and O–H groups in total. The maximum absolute atomic E-state index is 11.3. The van der Waals surface area contributed by atoms with E-state index in [1.165, 1.54) is 0 Å². The summed E-state index contributed by atoms with van der Waals surface area (Å²) in [6, 6.07) is 5.35. The van der Waals surface area contributed by atoms with Crippen LogP contribution < -0.4 is 16.0 Å². The predicted octanol–water partition coefficient (Wildman–Crippen LogP) is 0.581. The molecule has 1 saturated heterocycles. The Kier molecular flexibility index (Phi) is 2.74. The molecule has 3 aromatic rings. The molecule has 3 heterocycles. The fraction of sp³-hybridized carbons (Fsp3) is 0.308. The molecule has 2 aromatic heterocycles. The molecule has 0 aliphatic carbocycles. The van der Waals surface area contributed by atoms with Crippen LogP contribution in [0.3, 0.4) is 0 Å². The second-order valence-corrected chi connectivity index (χ2v) is 4.83. The summed E-state index contributed by atoms with van der Waals surface area (Å²) < 4.78 is 10.5. The number of fused-ring (bicyclic) bond motifs is 1. The van der Waals surface area contributed by atoms with Crippen molar-refractivity contribution >= 4 is 17.0 Å². The normalized spacial score (nSPS) is 15.7. The number of anilines is 1. The van der Waals surface area contributed by atoms with Gasteiger partial charge in [-0.1, -0.05) is 6.07 Å².